The smallest absolute Gasteiger partial charge is 0.0798 e. The van der Waals surface area contributed by atoms with Gasteiger partial charge in [0.2, 0.25) is 0 Å². The molecule has 0 saturated heterocycles. The van der Waals surface area contributed by atoms with Gasteiger partial charge in [0.25, 0.3) is 0 Å². The van der Waals surface area contributed by atoms with Crippen LogP contribution in [0.15, 0.2) is 36.4 Å². The average molecular weight is 198 g/mol. The topological polar surface area (TPSA) is 20.2 Å². The molecule has 0 unspecified atom stereocenters. The van der Waals surface area contributed by atoms with Crippen LogP contribution in [0, 0.1) is 0 Å². The van der Waals surface area contributed by atoms with Crippen molar-refractivity contribution in [2.75, 3.05) is 0 Å². The first-order valence-electron chi connectivity index (χ1n) is 5.55. The van der Waals surface area contributed by atoms with E-state index in [9.17, 15) is 5.11 Å². The normalized spacial score (nSPS) is 20.2. The van der Waals surface area contributed by atoms with Crippen molar-refractivity contribution in [3.05, 3.63) is 47.5 Å². The van der Waals surface area contributed by atoms with Crippen molar-refractivity contribution in [3.63, 3.8) is 0 Å². The van der Waals surface area contributed by atoms with Crippen LogP contribution in [0.1, 0.15) is 30.1 Å². The van der Waals surface area contributed by atoms with Crippen LogP contribution in [-0.4, -0.2) is 5.11 Å². The first-order valence-corrected chi connectivity index (χ1v) is 5.55. The van der Waals surface area contributed by atoms with E-state index in [1.165, 1.54) is 21.9 Å². The largest absolute Gasteiger partial charge is 0.388 e. The third kappa shape index (κ3) is 1.35. The molecule has 15 heavy (non-hydrogen) atoms. The van der Waals surface area contributed by atoms with Gasteiger partial charge in [0, 0.05) is 0 Å². The summed E-state index contributed by atoms with van der Waals surface area (Å²) in [7, 11) is 0. The fourth-order valence-electron chi connectivity index (χ4n) is 2.58. The van der Waals surface area contributed by atoms with Gasteiger partial charge < -0.3 is 5.11 Å². The molecule has 0 heterocycles. The lowest BCUT2D eigenvalue weighted by molar-refractivity contribution is 0.158. The zero-order valence-corrected chi connectivity index (χ0v) is 8.61. The Kier molecular flexibility index (Phi) is 2.00. The molecule has 0 amide bonds. The third-order valence-corrected chi connectivity index (χ3v) is 3.32. The van der Waals surface area contributed by atoms with Crippen molar-refractivity contribution in [3.8, 4) is 0 Å². The summed E-state index contributed by atoms with van der Waals surface area (Å²) >= 11 is 0. The van der Waals surface area contributed by atoms with Crippen LogP contribution in [0.2, 0.25) is 0 Å². The standard InChI is InChI=1S/C14H14O/c15-13-7-3-5-11-9-8-10-4-1-2-6-12(10)14(11)13/h1-2,4,6,8-9,13,15H,3,5,7H2/t13-/m0/s1. The maximum Gasteiger partial charge on any atom is 0.0798 e. The molecule has 1 nitrogen and oxygen atoms in total. The van der Waals surface area contributed by atoms with Crippen molar-refractivity contribution in [2.45, 2.75) is 25.4 Å². The summed E-state index contributed by atoms with van der Waals surface area (Å²) in [5.41, 5.74) is 2.49. The molecule has 1 heteroatoms. The molecule has 2 aromatic carbocycles. The number of hydrogen-bond donors (Lipinski definition) is 1. The fraction of sp³-hybridized carbons (Fsp3) is 0.286. The number of fused-ring (bicyclic) bond motifs is 3. The lowest BCUT2D eigenvalue weighted by atomic mass is 9.86. The van der Waals surface area contributed by atoms with Crippen LogP contribution in [-0.2, 0) is 6.42 Å². The number of benzene rings is 2. The molecule has 0 fully saturated rings. The van der Waals surface area contributed by atoms with Gasteiger partial charge >= 0.3 is 0 Å². The summed E-state index contributed by atoms with van der Waals surface area (Å²) in [4.78, 5) is 0. The number of hydrogen-bond acceptors (Lipinski definition) is 1. The maximum atomic E-state index is 10.1. The second-order valence-corrected chi connectivity index (χ2v) is 4.27. The highest BCUT2D eigenvalue weighted by atomic mass is 16.3. The molecule has 2 aromatic rings. The van der Waals surface area contributed by atoms with Gasteiger partial charge in [0.05, 0.1) is 6.10 Å². The predicted molar refractivity (Wildman–Crippen MR) is 61.8 cm³/mol. The molecule has 0 radical (unpaired) electrons. The SMILES string of the molecule is O[C@H]1CCCc2ccc3ccccc3c21. The number of rotatable bonds is 0. The number of aliphatic hydroxyl groups is 1. The fourth-order valence-corrected chi connectivity index (χ4v) is 2.58. The molecule has 0 aromatic heterocycles. The van der Waals surface area contributed by atoms with Gasteiger partial charge in [-0.05, 0) is 41.2 Å². The first-order chi connectivity index (χ1) is 7.36. The van der Waals surface area contributed by atoms with E-state index < -0.39 is 0 Å². The van der Waals surface area contributed by atoms with Crippen LogP contribution in [0.25, 0.3) is 10.8 Å². The van der Waals surface area contributed by atoms with E-state index in [2.05, 4.69) is 24.3 Å². The van der Waals surface area contributed by atoms with E-state index in [0.717, 1.165) is 19.3 Å². The van der Waals surface area contributed by atoms with Gasteiger partial charge in [-0.3, -0.25) is 0 Å². The van der Waals surface area contributed by atoms with Crippen molar-refractivity contribution >= 4 is 10.8 Å². The molecular formula is C14H14O. The van der Waals surface area contributed by atoms with Gasteiger partial charge in [-0.15, -0.1) is 0 Å². The van der Waals surface area contributed by atoms with Crippen molar-refractivity contribution < 1.29 is 5.11 Å². The summed E-state index contributed by atoms with van der Waals surface area (Å²) in [5, 5.41) is 12.5. The van der Waals surface area contributed by atoms with Crippen LogP contribution >= 0.6 is 0 Å². The Bertz CT molecular complexity index is 502. The molecule has 0 spiro atoms. The first kappa shape index (κ1) is 8.93. The Labute approximate surface area is 89.4 Å². The monoisotopic (exact) mass is 198 g/mol. The molecule has 0 aliphatic heterocycles. The van der Waals surface area contributed by atoms with Crippen LogP contribution in [0.5, 0.6) is 0 Å². The summed E-state index contributed by atoms with van der Waals surface area (Å²) in [5.74, 6) is 0. The third-order valence-electron chi connectivity index (χ3n) is 3.32. The minimum absolute atomic E-state index is 0.264. The Morgan fingerprint density at radius 3 is 2.87 bits per heavy atom. The molecule has 1 N–H and O–H groups in total. The lowest BCUT2D eigenvalue weighted by Gasteiger charge is -2.23. The number of aryl methyl sites for hydroxylation is 1. The van der Waals surface area contributed by atoms with E-state index in [4.69, 9.17) is 0 Å². The summed E-state index contributed by atoms with van der Waals surface area (Å²) in [6.45, 7) is 0. The van der Waals surface area contributed by atoms with E-state index >= 15 is 0 Å². The van der Waals surface area contributed by atoms with Gasteiger partial charge in [-0.25, -0.2) is 0 Å². The zero-order valence-electron chi connectivity index (χ0n) is 8.61. The quantitative estimate of drug-likeness (QED) is 0.689. The van der Waals surface area contributed by atoms with Crippen LogP contribution in [0.3, 0.4) is 0 Å². The van der Waals surface area contributed by atoms with E-state index in [-0.39, 0.29) is 6.10 Å². The highest BCUT2D eigenvalue weighted by Gasteiger charge is 2.19. The molecule has 1 atom stereocenters. The van der Waals surface area contributed by atoms with Crippen LogP contribution in [0.4, 0.5) is 0 Å². The Hall–Kier alpha value is -1.34. The van der Waals surface area contributed by atoms with Gasteiger partial charge in [-0.1, -0.05) is 36.4 Å². The summed E-state index contributed by atoms with van der Waals surface area (Å²) < 4.78 is 0. The van der Waals surface area contributed by atoms with E-state index in [0.29, 0.717) is 0 Å². The van der Waals surface area contributed by atoms with E-state index in [1.807, 2.05) is 12.1 Å². The molecule has 0 bridgehead atoms. The van der Waals surface area contributed by atoms with Crippen molar-refractivity contribution in [2.24, 2.45) is 0 Å². The van der Waals surface area contributed by atoms with Crippen molar-refractivity contribution in [1.82, 2.24) is 0 Å². The minimum Gasteiger partial charge on any atom is -0.388 e. The average Bonchev–Trinajstić information content (AvgIpc) is 2.29. The van der Waals surface area contributed by atoms with E-state index in [1.54, 1.807) is 0 Å². The molecule has 1 aliphatic carbocycles. The highest BCUT2D eigenvalue weighted by Crippen LogP contribution is 2.35. The molecule has 1 aliphatic rings. The number of aliphatic hydroxyl groups excluding tert-OH is 1. The molecule has 3 rings (SSSR count). The molecular weight excluding hydrogens is 184 g/mol. The van der Waals surface area contributed by atoms with Gasteiger partial charge in [0.1, 0.15) is 0 Å². The Morgan fingerprint density at radius 2 is 1.93 bits per heavy atom. The van der Waals surface area contributed by atoms with Gasteiger partial charge in [0.15, 0.2) is 0 Å². The summed E-state index contributed by atoms with van der Waals surface area (Å²) in [6.07, 6.45) is 2.85. The van der Waals surface area contributed by atoms with Crippen LogP contribution < -0.4 is 0 Å². The molecule has 76 valence electrons. The summed E-state index contributed by atoms with van der Waals surface area (Å²) in [6, 6.07) is 12.6. The van der Waals surface area contributed by atoms with Gasteiger partial charge in [-0.2, -0.15) is 0 Å². The molecule has 0 saturated carbocycles. The Morgan fingerprint density at radius 1 is 1.07 bits per heavy atom. The van der Waals surface area contributed by atoms with Crippen molar-refractivity contribution in [1.29, 1.82) is 0 Å². The predicted octanol–water partition coefficient (Wildman–Crippen LogP) is 3.21. The zero-order chi connectivity index (χ0) is 10.3. The maximum absolute atomic E-state index is 10.1. The second kappa shape index (κ2) is 3.35. The Balaban J connectivity index is 2.35. The highest BCUT2D eigenvalue weighted by molar-refractivity contribution is 5.87. The minimum atomic E-state index is -0.264. The lowest BCUT2D eigenvalue weighted by Crippen LogP contribution is -2.09. The second-order valence-electron chi connectivity index (χ2n) is 4.27.